The van der Waals surface area contributed by atoms with Gasteiger partial charge in [-0.1, -0.05) is 0 Å². The molecule has 0 spiro atoms. The van der Waals surface area contributed by atoms with Crippen LogP contribution < -0.4 is 15.4 Å². The first-order valence-electron chi connectivity index (χ1n) is 11.3. The van der Waals surface area contributed by atoms with E-state index in [0.29, 0.717) is 18.7 Å². The van der Waals surface area contributed by atoms with Gasteiger partial charge in [-0.05, 0) is 62.8 Å². The Morgan fingerprint density at radius 3 is 2.48 bits per heavy atom. The number of amides is 2. The summed E-state index contributed by atoms with van der Waals surface area (Å²) in [5.41, 5.74) is 1.38. The quantitative estimate of drug-likeness (QED) is 0.611. The molecule has 0 saturated carbocycles. The zero-order chi connectivity index (χ0) is 23.8. The van der Waals surface area contributed by atoms with Gasteiger partial charge < -0.3 is 25.2 Å². The molecule has 2 N–H and O–H groups in total. The summed E-state index contributed by atoms with van der Waals surface area (Å²) in [7, 11) is 1.59. The van der Waals surface area contributed by atoms with Crippen molar-refractivity contribution in [2.45, 2.75) is 45.1 Å². The summed E-state index contributed by atoms with van der Waals surface area (Å²) in [4.78, 5) is 29.3. The van der Waals surface area contributed by atoms with Crippen molar-refractivity contribution in [1.29, 1.82) is 10.5 Å². The fraction of sp³-hybridized carbons (Fsp3) is 0.500. The van der Waals surface area contributed by atoms with Crippen LogP contribution in [0.4, 0.5) is 5.69 Å². The van der Waals surface area contributed by atoms with Gasteiger partial charge in [-0.3, -0.25) is 9.59 Å². The molecule has 2 saturated heterocycles. The molecule has 0 bridgehead atoms. The molecule has 33 heavy (non-hydrogen) atoms. The number of hydrogen-bond donors (Lipinski definition) is 2. The van der Waals surface area contributed by atoms with E-state index in [-0.39, 0.29) is 29.8 Å². The molecule has 0 radical (unpaired) electrons. The van der Waals surface area contributed by atoms with Gasteiger partial charge in [0.05, 0.1) is 13.7 Å². The van der Waals surface area contributed by atoms with E-state index in [4.69, 9.17) is 4.74 Å². The smallest absolute Gasteiger partial charge is 0.245 e. The van der Waals surface area contributed by atoms with Gasteiger partial charge in [0.1, 0.15) is 29.8 Å². The molecule has 1 atom stereocenters. The summed E-state index contributed by atoms with van der Waals surface area (Å²) in [5.74, 6) is 0.673. The average molecular weight is 451 g/mol. The lowest BCUT2D eigenvalue weighted by Gasteiger charge is -2.27. The number of allylic oxidation sites excluding steroid dienone is 1. The summed E-state index contributed by atoms with van der Waals surface area (Å²) in [5, 5.41) is 25.1. The molecule has 2 amide bonds. The molecule has 2 fully saturated rings. The number of anilines is 1. The molecule has 2 aliphatic rings. The van der Waals surface area contributed by atoms with E-state index in [1.54, 1.807) is 24.1 Å². The number of ether oxygens (including phenoxy) is 1. The molecule has 1 aromatic rings. The lowest BCUT2D eigenvalue weighted by atomic mass is 10.1. The Morgan fingerprint density at radius 2 is 1.85 bits per heavy atom. The summed E-state index contributed by atoms with van der Waals surface area (Å²) in [6.07, 6.45) is 4.13. The van der Waals surface area contributed by atoms with Crippen molar-refractivity contribution in [3.8, 4) is 17.9 Å². The van der Waals surface area contributed by atoms with Crippen LogP contribution in [0.15, 0.2) is 29.6 Å². The summed E-state index contributed by atoms with van der Waals surface area (Å²) in [6.45, 7) is 3.96. The third-order valence-corrected chi connectivity index (χ3v) is 6.02. The van der Waals surface area contributed by atoms with Crippen LogP contribution in [0.1, 0.15) is 37.7 Å². The SMILES string of the molecule is COc1ccc(NC(NC2CCCCN(CC(=O)N3CCCC3)C2=O)=C(C#N)C#N)cc1C. The Morgan fingerprint density at radius 1 is 1.15 bits per heavy atom. The minimum atomic E-state index is -0.641. The maximum atomic E-state index is 13.3. The molecule has 2 heterocycles. The summed E-state index contributed by atoms with van der Waals surface area (Å²) < 4.78 is 5.28. The van der Waals surface area contributed by atoms with Crippen molar-refractivity contribution in [3.05, 3.63) is 35.2 Å². The van der Waals surface area contributed by atoms with Crippen LogP contribution >= 0.6 is 0 Å². The zero-order valence-corrected chi connectivity index (χ0v) is 19.2. The second kappa shape index (κ2) is 11.2. The van der Waals surface area contributed by atoms with Gasteiger partial charge in [0.25, 0.3) is 0 Å². The number of likely N-dealkylation sites (tertiary alicyclic amines) is 2. The predicted octanol–water partition coefficient (Wildman–Crippen LogP) is 2.27. The van der Waals surface area contributed by atoms with Crippen LogP contribution in [0.3, 0.4) is 0 Å². The minimum absolute atomic E-state index is 0.0289. The highest BCUT2D eigenvalue weighted by Crippen LogP contribution is 2.23. The van der Waals surface area contributed by atoms with Gasteiger partial charge in [-0.15, -0.1) is 0 Å². The molecule has 0 aliphatic carbocycles. The van der Waals surface area contributed by atoms with Gasteiger partial charge in [-0.2, -0.15) is 10.5 Å². The lowest BCUT2D eigenvalue weighted by molar-refractivity contribution is -0.140. The van der Waals surface area contributed by atoms with Crippen LogP contribution in [-0.4, -0.2) is 60.9 Å². The first kappa shape index (κ1) is 23.9. The van der Waals surface area contributed by atoms with Gasteiger partial charge in [0.15, 0.2) is 5.57 Å². The fourth-order valence-corrected chi connectivity index (χ4v) is 4.21. The third kappa shape index (κ3) is 5.95. The summed E-state index contributed by atoms with van der Waals surface area (Å²) in [6, 6.07) is 8.54. The second-order valence-electron chi connectivity index (χ2n) is 8.32. The molecule has 1 unspecified atom stereocenters. The van der Waals surface area contributed by atoms with Crippen LogP contribution in [-0.2, 0) is 9.59 Å². The number of nitrogens with zero attached hydrogens (tertiary/aromatic N) is 4. The first-order valence-corrected chi connectivity index (χ1v) is 11.3. The summed E-state index contributed by atoms with van der Waals surface area (Å²) >= 11 is 0. The highest BCUT2D eigenvalue weighted by Gasteiger charge is 2.31. The molecule has 3 rings (SSSR count). The first-order chi connectivity index (χ1) is 16.0. The number of methoxy groups -OCH3 is 1. The van der Waals surface area contributed by atoms with E-state index in [1.165, 1.54) is 0 Å². The normalized spacial score (nSPS) is 18.1. The van der Waals surface area contributed by atoms with Crippen molar-refractivity contribution in [2.24, 2.45) is 0 Å². The Bertz CT molecular complexity index is 984. The number of carbonyl (C=O) groups excluding carboxylic acids is 2. The van der Waals surface area contributed by atoms with Crippen molar-refractivity contribution < 1.29 is 14.3 Å². The molecule has 9 heteroatoms. The van der Waals surface area contributed by atoms with E-state index in [1.807, 2.05) is 30.0 Å². The third-order valence-electron chi connectivity index (χ3n) is 6.02. The zero-order valence-electron chi connectivity index (χ0n) is 19.2. The van der Waals surface area contributed by atoms with E-state index in [2.05, 4.69) is 10.6 Å². The van der Waals surface area contributed by atoms with Crippen molar-refractivity contribution in [3.63, 3.8) is 0 Å². The number of benzene rings is 1. The number of hydrogen-bond acceptors (Lipinski definition) is 7. The molecule has 2 aliphatic heterocycles. The van der Waals surface area contributed by atoms with Crippen LogP contribution in [0, 0.1) is 29.6 Å². The van der Waals surface area contributed by atoms with E-state index >= 15 is 0 Å². The van der Waals surface area contributed by atoms with Crippen LogP contribution in [0.2, 0.25) is 0 Å². The topological polar surface area (TPSA) is 121 Å². The van der Waals surface area contributed by atoms with Gasteiger partial charge in [-0.25, -0.2) is 0 Å². The maximum absolute atomic E-state index is 13.3. The molecule has 9 nitrogen and oxygen atoms in total. The van der Waals surface area contributed by atoms with Gasteiger partial charge in [0, 0.05) is 25.3 Å². The van der Waals surface area contributed by atoms with Crippen molar-refractivity contribution in [2.75, 3.05) is 38.6 Å². The highest BCUT2D eigenvalue weighted by atomic mass is 16.5. The Hall–Kier alpha value is -3.72. The Labute approximate surface area is 194 Å². The largest absolute Gasteiger partial charge is 0.496 e. The minimum Gasteiger partial charge on any atom is -0.496 e. The van der Waals surface area contributed by atoms with E-state index in [9.17, 15) is 20.1 Å². The monoisotopic (exact) mass is 450 g/mol. The number of rotatable bonds is 7. The lowest BCUT2D eigenvalue weighted by Crippen LogP contribution is -2.49. The van der Waals surface area contributed by atoms with Gasteiger partial charge >= 0.3 is 0 Å². The standard InChI is InChI=1S/C24H30N6O3/c1-17-13-19(8-9-21(17)33-2)27-23(18(14-25)15-26)28-20-7-3-4-12-30(24(20)32)16-22(31)29-10-5-6-11-29/h8-9,13,20,27-28H,3-7,10-12,16H2,1-2H3. The highest BCUT2D eigenvalue weighted by molar-refractivity contribution is 5.88. The van der Waals surface area contributed by atoms with E-state index < -0.39 is 6.04 Å². The van der Waals surface area contributed by atoms with Gasteiger partial charge in [0.2, 0.25) is 11.8 Å². The predicted molar refractivity (Wildman–Crippen MR) is 123 cm³/mol. The van der Waals surface area contributed by atoms with Crippen LogP contribution in [0.25, 0.3) is 0 Å². The second-order valence-corrected chi connectivity index (χ2v) is 8.32. The number of nitriles is 2. The number of aryl methyl sites for hydroxylation is 1. The Kier molecular flexibility index (Phi) is 8.15. The molecule has 0 aromatic heterocycles. The fourth-order valence-electron chi connectivity index (χ4n) is 4.21. The van der Waals surface area contributed by atoms with Crippen molar-refractivity contribution in [1.82, 2.24) is 15.1 Å². The van der Waals surface area contributed by atoms with Crippen LogP contribution in [0.5, 0.6) is 5.75 Å². The average Bonchev–Trinajstić information content (AvgIpc) is 3.30. The molecular weight excluding hydrogens is 420 g/mol. The molecule has 174 valence electrons. The number of carbonyl (C=O) groups is 2. The Balaban J connectivity index is 1.78. The van der Waals surface area contributed by atoms with E-state index in [0.717, 1.165) is 50.1 Å². The molecule has 1 aromatic carbocycles. The number of nitrogens with one attached hydrogen (secondary N) is 2. The molecular formula is C24H30N6O3. The maximum Gasteiger partial charge on any atom is 0.245 e. The van der Waals surface area contributed by atoms with Crippen molar-refractivity contribution >= 4 is 17.5 Å².